The topological polar surface area (TPSA) is 104 Å². The van der Waals surface area contributed by atoms with E-state index in [9.17, 15) is 9.59 Å². The number of nitrogens with one attached hydrogen (secondary N) is 1. The zero-order valence-corrected chi connectivity index (χ0v) is 16.3. The number of carbonyl (C=O) groups is 2. The molecule has 0 radical (unpaired) electrons. The molecule has 8 nitrogen and oxygen atoms in total. The average molecular weight is 382 g/mol. The van der Waals surface area contributed by atoms with E-state index in [1.54, 1.807) is 35.5 Å². The lowest BCUT2D eigenvalue weighted by Crippen LogP contribution is -2.48. The molecule has 0 bridgehead atoms. The Kier molecular flexibility index (Phi) is 7.50. The van der Waals surface area contributed by atoms with Crippen molar-refractivity contribution in [2.45, 2.75) is 13.8 Å². The number of rotatable bonds is 5. The van der Waals surface area contributed by atoms with Gasteiger partial charge in [-0.15, -0.1) is 0 Å². The van der Waals surface area contributed by atoms with Gasteiger partial charge >= 0.3 is 0 Å². The lowest BCUT2D eigenvalue weighted by Gasteiger charge is -2.35. The number of hydrogen-bond acceptors (Lipinski definition) is 6. The third kappa shape index (κ3) is 5.06. The molecule has 1 fully saturated rings. The van der Waals surface area contributed by atoms with Crippen molar-refractivity contribution in [3.63, 3.8) is 0 Å². The second kappa shape index (κ2) is 10.1. The number of amides is 2. The van der Waals surface area contributed by atoms with Crippen LogP contribution in [0.1, 0.15) is 24.2 Å². The predicted molar refractivity (Wildman–Crippen MR) is 111 cm³/mol. The Morgan fingerprint density at radius 2 is 1.89 bits per heavy atom. The molecule has 0 spiro atoms. The van der Waals surface area contributed by atoms with Gasteiger partial charge in [-0.05, 0) is 30.3 Å². The van der Waals surface area contributed by atoms with E-state index in [4.69, 9.17) is 5.73 Å². The molecule has 2 aromatic rings. The van der Waals surface area contributed by atoms with Crippen LogP contribution in [-0.4, -0.2) is 52.9 Å². The van der Waals surface area contributed by atoms with Crippen molar-refractivity contribution in [3.05, 3.63) is 54.9 Å². The highest BCUT2D eigenvalue weighted by Crippen LogP contribution is 2.23. The summed E-state index contributed by atoms with van der Waals surface area (Å²) < 4.78 is 0. The molecule has 3 heterocycles. The lowest BCUT2D eigenvalue weighted by molar-refractivity contribution is -0.126. The average Bonchev–Trinajstić information content (AvgIpc) is 2.75. The highest BCUT2D eigenvalue weighted by Gasteiger charge is 2.21. The summed E-state index contributed by atoms with van der Waals surface area (Å²) in [5.74, 6) is 0.470. The van der Waals surface area contributed by atoms with Gasteiger partial charge in [0, 0.05) is 32.4 Å². The van der Waals surface area contributed by atoms with Gasteiger partial charge in [-0.1, -0.05) is 20.4 Å². The number of pyridine rings is 2. The third-order valence-electron chi connectivity index (χ3n) is 4.16. The normalized spacial score (nSPS) is 13.2. The predicted octanol–water partition coefficient (Wildman–Crippen LogP) is 2.18. The molecule has 2 amide bonds. The van der Waals surface area contributed by atoms with Crippen molar-refractivity contribution < 1.29 is 9.59 Å². The monoisotopic (exact) mass is 382 g/mol. The SMILES string of the molecule is C=CC(=O)N1CCN(c2ccc(C(N)=O)c(Nc3cccnc3)n2)CC1.CC. The molecular formula is C20H26N6O2. The molecule has 28 heavy (non-hydrogen) atoms. The van der Waals surface area contributed by atoms with E-state index in [1.807, 2.05) is 19.9 Å². The van der Waals surface area contributed by atoms with Gasteiger partial charge in [0.15, 0.2) is 0 Å². The van der Waals surface area contributed by atoms with Crippen LogP contribution in [0.25, 0.3) is 0 Å². The van der Waals surface area contributed by atoms with E-state index in [1.165, 1.54) is 6.08 Å². The zero-order valence-electron chi connectivity index (χ0n) is 16.3. The summed E-state index contributed by atoms with van der Waals surface area (Å²) in [6.45, 7) is 10.00. The van der Waals surface area contributed by atoms with Crippen molar-refractivity contribution in [3.8, 4) is 0 Å². The molecule has 3 rings (SSSR count). The van der Waals surface area contributed by atoms with Crippen LogP contribution in [0.2, 0.25) is 0 Å². The number of hydrogen-bond donors (Lipinski definition) is 2. The first-order valence-electron chi connectivity index (χ1n) is 9.22. The fraction of sp³-hybridized carbons (Fsp3) is 0.300. The summed E-state index contributed by atoms with van der Waals surface area (Å²) in [4.78, 5) is 35.8. The van der Waals surface area contributed by atoms with Gasteiger partial charge in [0.05, 0.1) is 17.4 Å². The Morgan fingerprint density at radius 1 is 1.18 bits per heavy atom. The standard InChI is InChI=1S/C18H20N6O2.C2H6/c1-2-16(25)24-10-8-23(9-11-24)15-6-5-14(17(19)26)18(22-15)21-13-4-3-7-20-12-13;1-2/h2-7,12H,1,8-11H2,(H2,19,26)(H,21,22);1-2H3. The van der Waals surface area contributed by atoms with Crippen molar-refractivity contribution in [2.24, 2.45) is 5.73 Å². The summed E-state index contributed by atoms with van der Waals surface area (Å²) in [6.07, 6.45) is 4.62. The minimum atomic E-state index is -0.558. The van der Waals surface area contributed by atoms with Crippen LogP contribution in [0.15, 0.2) is 49.3 Å². The van der Waals surface area contributed by atoms with Crippen molar-refractivity contribution >= 4 is 29.1 Å². The first-order valence-corrected chi connectivity index (χ1v) is 9.22. The maximum absolute atomic E-state index is 11.7. The Morgan fingerprint density at radius 3 is 2.46 bits per heavy atom. The number of primary amides is 1. The Labute approximate surface area is 165 Å². The van der Waals surface area contributed by atoms with Gasteiger partial charge < -0.3 is 20.9 Å². The number of carbonyl (C=O) groups excluding carboxylic acids is 2. The fourth-order valence-corrected chi connectivity index (χ4v) is 2.78. The zero-order chi connectivity index (χ0) is 20.5. The first-order chi connectivity index (χ1) is 13.6. The Bertz CT molecular complexity index is 817. The highest BCUT2D eigenvalue weighted by molar-refractivity contribution is 5.98. The minimum absolute atomic E-state index is 0.0689. The molecule has 0 atom stereocenters. The summed E-state index contributed by atoms with van der Waals surface area (Å²) in [5, 5.41) is 3.09. The van der Waals surface area contributed by atoms with Gasteiger partial charge in [-0.25, -0.2) is 4.98 Å². The van der Waals surface area contributed by atoms with E-state index in [2.05, 4.69) is 26.8 Å². The second-order valence-electron chi connectivity index (χ2n) is 5.81. The molecule has 3 N–H and O–H groups in total. The summed E-state index contributed by atoms with van der Waals surface area (Å²) in [5.41, 5.74) is 6.47. The molecule has 0 aliphatic carbocycles. The molecule has 2 aromatic heterocycles. The van der Waals surface area contributed by atoms with Gasteiger partial charge in [0.2, 0.25) is 5.91 Å². The van der Waals surface area contributed by atoms with E-state index in [0.717, 1.165) is 0 Å². The van der Waals surface area contributed by atoms with E-state index < -0.39 is 5.91 Å². The minimum Gasteiger partial charge on any atom is -0.365 e. The van der Waals surface area contributed by atoms with Crippen molar-refractivity contribution in [1.29, 1.82) is 0 Å². The highest BCUT2D eigenvalue weighted by atomic mass is 16.2. The molecule has 1 saturated heterocycles. The Balaban J connectivity index is 0.00000136. The number of nitrogens with zero attached hydrogens (tertiary/aromatic N) is 4. The number of piperazine rings is 1. The van der Waals surface area contributed by atoms with Crippen molar-refractivity contribution in [1.82, 2.24) is 14.9 Å². The van der Waals surface area contributed by atoms with Crippen LogP contribution >= 0.6 is 0 Å². The smallest absolute Gasteiger partial charge is 0.252 e. The number of anilines is 3. The molecule has 0 saturated carbocycles. The molecule has 148 valence electrons. The largest absolute Gasteiger partial charge is 0.365 e. The lowest BCUT2D eigenvalue weighted by atomic mass is 10.2. The number of nitrogens with two attached hydrogens (primary N) is 1. The van der Waals surface area contributed by atoms with E-state index in [0.29, 0.717) is 49.1 Å². The van der Waals surface area contributed by atoms with Crippen LogP contribution in [0, 0.1) is 0 Å². The summed E-state index contributed by atoms with van der Waals surface area (Å²) in [7, 11) is 0. The maximum atomic E-state index is 11.7. The summed E-state index contributed by atoms with van der Waals surface area (Å²) >= 11 is 0. The first kappa shape index (κ1) is 20.9. The van der Waals surface area contributed by atoms with Crippen LogP contribution in [-0.2, 0) is 4.79 Å². The molecule has 8 heteroatoms. The van der Waals surface area contributed by atoms with Crippen LogP contribution < -0.4 is 16.0 Å². The van der Waals surface area contributed by atoms with E-state index in [-0.39, 0.29) is 5.91 Å². The molecule has 1 aliphatic rings. The van der Waals surface area contributed by atoms with Crippen LogP contribution in [0.4, 0.5) is 17.3 Å². The van der Waals surface area contributed by atoms with E-state index >= 15 is 0 Å². The van der Waals surface area contributed by atoms with Crippen LogP contribution in [0.3, 0.4) is 0 Å². The fourth-order valence-electron chi connectivity index (χ4n) is 2.78. The number of aromatic nitrogens is 2. The third-order valence-corrected chi connectivity index (χ3v) is 4.16. The molecule has 0 aromatic carbocycles. The van der Waals surface area contributed by atoms with Crippen LogP contribution in [0.5, 0.6) is 0 Å². The van der Waals surface area contributed by atoms with Crippen molar-refractivity contribution in [2.75, 3.05) is 36.4 Å². The van der Waals surface area contributed by atoms with Gasteiger partial charge in [0.25, 0.3) is 5.91 Å². The maximum Gasteiger partial charge on any atom is 0.252 e. The quantitative estimate of drug-likeness (QED) is 0.768. The van der Waals surface area contributed by atoms with Gasteiger partial charge in [-0.2, -0.15) is 0 Å². The van der Waals surface area contributed by atoms with Gasteiger partial charge in [-0.3, -0.25) is 14.6 Å². The second-order valence-corrected chi connectivity index (χ2v) is 5.81. The Hall–Kier alpha value is -3.42. The molecule has 1 aliphatic heterocycles. The molecule has 0 unspecified atom stereocenters. The summed E-state index contributed by atoms with van der Waals surface area (Å²) in [6, 6.07) is 7.03. The molecular weight excluding hydrogens is 356 g/mol. The van der Waals surface area contributed by atoms with Gasteiger partial charge in [0.1, 0.15) is 11.6 Å².